The van der Waals surface area contributed by atoms with Gasteiger partial charge >= 0.3 is 5.97 Å². The van der Waals surface area contributed by atoms with Gasteiger partial charge in [0.05, 0.1) is 29.5 Å². The van der Waals surface area contributed by atoms with E-state index in [-0.39, 0.29) is 23.6 Å². The molecule has 2 aliphatic rings. The SMILES string of the molecule is Cc1ncn2c(C3=C(C(=O)O)N4C(=O)[C@H]([C@@H](C)O)[C@H]4[C@H]3C)csc12. The second-order valence-electron chi connectivity index (χ2n) is 6.45. The van der Waals surface area contributed by atoms with Crippen molar-refractivity contribution in [3.63, 3.8) is 0 Å². The van der Waals surface area contributed by atoms with Crippen LogP contribution in [0.15, 0.2) is 17.4 Å². The number of nitrogens with zero attached hydrogens (tertiary/aromatic N) is 3. The van der Waals surface area contributed by atoms with E-state index >= 15 is 0 Å². The van der Waals surface area contributed by atoms with Crippen molar-refractivity contribution in [1.29, 1.82) is 0 Å². The van der Waals surface area contributed by atoms with Crippen LogP contribution in [0.4, 0.5) is 0 Å². The first-order valence-electron chi connectivity index (χ1n) is 7.74. The molecule has 2 N–H and O–H groups in total. The number of amides is 1. The number of fused-ring (bicyclic) bond motifs is 2. The van der Waals surface area contributed by atoms with Gasteiger partial charge in [-0.2, -0.15) is 0 Å². The van der Waals surface area contributed by atoms with Crippen LogP contribution < -0.4 is 0 Å². The molecule has 4 heterocycles. The summed E-state index contributed by atoms with van der Waals surface area (Å²) >= 11 is 1.50. The van der Waals surface area contributed by atoms with Crippen molar-refractivity contribution in [3.8, 4) is 0 Å². The molecule has 2 aromatic heterocycles. The van der Waals surface area contributed by atoms with Gasteiger partial charge < -0.3 is 15.1 Å². The number of imidazole rings is 1. The molecule has 0 aliphatic carbocycles. The number of hydrogen-bond donors (Lipinski definition) is 2. The van der Waals surface area contributed by atoms with Crippen LogP contribution in [0, 0.1) is 18.8 Å². The van der Waals surface area contributed by atoms with Crippen molar-refractivity contribution in [1.82, 2.24) is 14.3 Å². The maximum atomic E-state index is 12.4. The Morgan fingerprint density at radius 3 is 2.79 bits per heavy atom. The number of rotatable bonds is 3. The molecule has 1 saturated heterocycles. The standard InChI is InChI=1S/C16H17N3O4S/c1-6-10(9-4-24-15-7(2)17-5-18(9)15)13(16(22)23)19-12(6)11(8(3)20)14(19)21/h4-6,8,11-12,20H,1-3H3,(H,22,23)/t6-,8+,11+,12+/m0/s1. The molecule has 7 nitrogen and oxygen atoms in total. The number of β-lactam (4-membered cyclic amide) rings is 1. The highest BCUT2D eigenvalue weighted by molar-refractivity contribution is 7.15. The highest BCUT2D eigenvalue weighted by Crippen LogP contribution is 2.50. The molecule has 4 rings (SSSR count). The average Bonchev–Trinajstić information content (AvgIpc) is 3.12. The summed E-state index contributed by atoms with van der Waals surface area (Å²) in [6.45, 7) is 5.39. The number of thiazole rings is 1. The predicted octanol–water partition coefficient (Wildman–Crippen LogP) is 1.36. The summed E-state index contributed by atoms with van der Waals surface area (Å²) in [5.74, 6) is -2.16. The highest BCUT2D eigenvalue weighted by Gasteiger charge is 2.60. The number of carboxylic acid groups (broad SMARTS) is 1. The zero-order chi connectivity index (χ0) is 17.3. The molecule has 126 valence electrons. The molecule has 24 heavy (non-hydrogen) atoms. The minimum Gasteiger partial charge on any atom is -0.477 e. The number of aromatic nitrogens is 2. The number of carboxylic acids is 1. The lowest BCUT2D eigenvalue weighted by Crippen LogP contribution is -2.63. The highest BCUT2D eigenvalue weighted by atomic mass is 32.1. The van der Waals surface area contributed by atoms with Gasteiger partial charge in [-0.15, -0.1) is 11.3 Å². The maximum absolute atomic E-state index is 12.4. The number of carbonyl (C=O) groups excluding carboxylic acids is 1. The van der Waals surface area contributed by atoms with Gasteiger partial charge in [-0.25, -0.2) is 9.78 Å². The van der Waals surface area contributed by atoms with E-state index in [9.17, 15) is 19.8 Å². The molecule has 0 spiro atoms. The number of aryl methyl sites for hydroxylation is 1. The summed E-state index contributed by atoms with van der Waals surface area (Å²) in [6, 6.07) is -0.307. The van der Waals surface area contributed by atoms with Gasteiger partial charge in [0.1, 0.15) is 16.9 Å². The van der Waals surface area contributed by atoms with Crippen molar-refractivity contribution in [3.05, 3.63) is 28.8 Å². The van der Waals surface area contributed by atoms with Crippen LogP contribution >= 0.6 is 11.3 Å². The Balaban J connectivity index is 1.90. The summed E-state index contributed by atoms with van der Waals surface area (Å²) in [7, 11) is 0. The van der Waals surface area contributed by atoms with E-state index in [1.807, 2.05) is 23.6 Å². The predicted molar refractivity (Wildman–Crippen MR) is 87.3 cm³/mol. The van der Waals surface area contributed by atoms with Crippen LogP contribution in [0.25, 0.3) is 10.4 Å². The Morgan fingerprint density at radius 1 is 1.46 bits per heavy atom. The fourth-order valence-electron chi connectivity index (χ4n) is 4.01. The summed E-state index contributed by atoms with van der Waals surface area (Å²) in [5.41, 5.74) is 2.30. The maximum Gasteiger partial charge on any atom is 0.352 e. The summed E-state index contributed by atoms with van der Waals surface area (Å²) in [6.07, 6.45) is 0.882. The van der Waals surface area contributed by atoms with Gasteiger partial charge in [-0.1, -0.05) is 6.92 Å². The molecule has 0 aromatic carbocycles. The first-order valence-corrected chi connectivity index (χ1v) is 8.62. The Hall–Kier alpha value is -2.19. The molecule has 0 bridgehead atoms. The van der Waals surface area contributed by atoms with E-state index in [0.29, 0.717) is 5.57 Å². The second-order valence-corrected chi connectivity index (χ2v) is 7.31. The fraction of sp³-hybridized carbons (Fsp3) is 0.438. The normalized spacial score (nSPS) is 27.6. The van der Waals surface area contributed by atoms with Gasteiger partial charge in [0.15, 0.2) is 0 Å². The van der Waals surface area contributed by atoms with Crippen LogP contribution in [-0.2, 0) is 9.59 Å². The molecular formula is C16H17N3O4S. The van der Waals surface area contributed by atoms with Gasteiger partial charge in [0, 0.05) is 16.9 Å². The van der Waals surface area contributed by atoms with Gasteiger partial charge in [-0.05, 0) is 13.8 Å². The van der Waals surface area contributed by atoms with Gasteiger partial charge in [0.25, 0.3) is 0 Å². The van der Waals surface area contributed by atoms with Crippen LogP contribution in [0.2, 0.25) is 0 Å². The molecule has 0 radical (unpaired) electrons. The number of aliphatic carboxylic acids is 1. The minimum absolute atomic E-state index is 0.0282. The van der Waals surface area contributed by atoms with E-state index in [1.54, 1.807) is 13.3 Å². The van der Waals surface area contributed by atoms with E-state index in [2.05, 4.69) is 4.98 Å². The third-order valence-electron chi connectivity index (χ3n) is 5.09. The van der Waals surface area contributed by atoms with Crippen molar-refractivity contribution >= 4 is 33.6 Å². The van der Waals surface area contributed by atoms with Gasteiger partial charge in [0.2, 0.25) is 5.91 Å². The third-order valence-corrected chi connectivity index (χ3v) is 6.14. The first-order chi connectivity index (χ1) is 11.3. The minimum atomic E-state index is -1.12. The van der Waals surface area contributed by atoms with Crippen LogP contribution in [0.5, 0.6) is 0 Å². The molecule has 4 atom stereocenters. The molecule has 1 fully saturated rings. The van der Waals surface area contributed by atoms with Gasteiger partial charge in [-0.3, -0.25) is 9.20 Å². The summed E-state index contributed by atoms with van der Waals surface area (Å²) in [5, 5.41) is 21.5. The smallest absolute Gasteiger partial charge is 0.352 e. The van der Waals surface area contributed by atoms with E-state index < -0.39 is 18.0 Å². The lowest BCUT2D eigenvalue weighted by molar-refractivity contribution is -0.163. The zero-order valence-corrected chi connectivity index (χ0v) is 14.2. The second kappa shape index (κ2) is 4.90. The molecule has 2 aromatic rings. The number of aliphatic hydroxyl groups excluding tert-OH is 1. The quantitative estimate of drug-likeness (QED) is 0.818. The summed E-state index contributed by atoms with van der Waals surface area (Å²) in [4.78, 5) is 30.8. The summed E-state index contributed by atoms with van der Waals surface area (Å²) < 4.78 is 1.88. The van der Waals surface area contributed by atoms with Crippen LogP contribution in [-0.4, -0.2) is 48.5 Å². The van der Waals surface area contributed by atoms with Crippen LogP contribution in [0.3, 0.4) is 0 Å². The molecule has 0 unspecified atom stereocenters. The van der Waals surface area contributed by atoms with E-state index in [4.69, 9.17) is 0 Å². The van der Waals surface area contributed by atoms with Crippen LogP contribution in [0.1, 0.15) is 25.2 Å². The molecule has 2 aliphatic heterocycles. The Bertz CT molecular complexity index is 910. The van der Waals surface area contributed by atoms with E-state index in [1.165, 1.54) is 16.2 Å². The van der Waals surface area contributed by atoms with Crippen molar-refractivity contribution in [2.45, 2.75) is 32.9 Å². The fourth-order valence-corrected chi connectivity index (χ4v) is 4.95. The third kappa shape index (κ3) is 1.72. The largest absolute Gasteiger partial charge is 0.477 e. The first kappa shape index (κ1) is 15.3. The molecule has 8 heteroatoms. The monoisotopic (exact) mass is 347 g/mol. The molecular weight excluding hydrogens is 330 g/mol. The lowest BCUT2D eigenvalue weighted by Gasteiger charge is -2.46. The lowest BCUT2D eigenvalue weighted by atomic mass is 9.77. The number of aliphatic hydroxyl groups is 1. The average molecular weight is 347 g/mol. The Morgan fingerprint density at radius 2 is 2.17 bits per heavy atom. The topological polar surface area (TPSA) is 95.1 Å². The Kier molecular flexibility index (Phi) is 3.14. The number of carbonyl (C=O) groups is 2. The van der Waals surface area contributed by atoms with Crippen molar-refractivity contribution < 1.29 is 19.8 Å². The molecule has 0 saturated carbocycles. The zero-order valence-electron chi connectivity index (χ0n) is 13.4. The Labute approximate surface area is 141 Å². The molecule has 1 amide bonds. The van der Waals surface area contributed by atoms with Crippen molar-refractivity contribution in [2.24, 2.45) is 11.8 Å². The van der Waals surface area contributed by atoms with Crippen molar-refractivity contribution in [2.75, 3.05) is 0 Å². The van der Waals surface area contributed by atoms with E-state index in [0.717, 1.165) is 16.2 Å². The number of hydrogen-bond acceptors (Lipinski definition) is 5.